The van der Waals surface area contributed by atoms with Gasteiger partial charge in [0.25, 0.3) is 0 Å². The number of hydrogen-bond donors (Lipinski definition) is 1. The normalized spacial score (nSPS) is 12.8. The molecule has 9 heteroatoms. The van der Waals surface area contributed by atoms with Gasteiger partial charge in [0, 0.05) is 23.0 Å². The molecule has 1 N–H and O–H groups in total. The van der Waals surface area contributed by atoms with Crippen LogP contribution >= 0.6 is 0 Å². The van der Waals surface area contributed by atoms with Gasteiger partial charge in [-0.1, -0.05) is 0 Å². The Bertz CT molecular complexity index is 833. The highest BCUT2D eigenvalue weighted by atomic mass is 19.4. The van der Waals surface area contributed by atoms with Crippen LogP contribution in [0.2, 0.25) is 0 Å². The lowest BCUT2D eigenvalue weighted by molar-refractivity contribution is -0.143. The van der Waals surface area contributed by atoms with E-state index in [9.17, 15) is 35.5 Å². The van der Waals surface area contributed by atoms with E-state index in [4.69, 9.17) is 0 Å². The van der Waals surface area contributed by atoms with Crippen molar-refractivity contribution in [1.29, 1.82) is 0 Å². The molecule has 0 spiro atoms. The predicted octanol–water partition coefficient (Wildman–Crippen LogP) is 6.06. The van der Waals surface area contributed by atoms with Crippen molar-refractivity contribution in [2.45, 2.75) is 19.3 Å². The molecule has 0 amide bonds. The summed E-state index contributed by atoms with van der Waals surface area (Å²) in [7, 11) is 0. The maximum Gasteiger partial charge on any atom is 0.416 e. The first-order valence-corrected chi connectivity index (χ1v) is 7.41. The molecule has 0 aliphatic rings. The van der Waals surface area contributed by atoms with E-state index in [2.05, 4.69) is 5.32 Å². The van der Waals surface area contributed by atoms with Crippen molar-refractivity contribution >= 4 is 11.5 Å². The molecule has 0 radical (unpaired) electrons. The van der Waals surface area contributed by atoms with Crippen molar-refractivity contribution in [3.05, 3.63) is 76.7 Å². The van der Waals surface area contributed by atoms with E-state index in [1.54, 1.807) is 0 Å². The molecular formula is C18H12F7NO. The second kappa shape index (κ2) is 7.42. The Kier molecular flexibility index (Phi) is 5.62. The van der Waals surface area contributed by atoms with E-state index in [1.807, 2.05) is 0 Å². The summed E-state index contributed by atoms with van der Waals surface area (Å²) in [4.78, 5) is 12.0. The number of benzene rings is 2. The standard InChI is InChI=1S/C18H12F7NO/c1-10(6-16(27)11-2-4-14(19)5-3-11)26-15-8-12(17(20,21)22)7-13(9-15)18(23,24)25/h2-9,26H,1H3/b10-6+. The zero-order chi connectivity index (χ0) is 20.4. The summed E-state index contributed by atoms with van der Waals surface area (Å²) in [6.07, 6.45) is -8.96. The lowest BCUT2D eigenvalue weighted by atomic mass is 10.1. The van der Waals surface area contributed by atoms with E-state index >= 15 is 0 Å². The van der Waals surface area contributed by atoms with Gasteiger partial charge in [-0.05, 0) is 49.4 Å². The number of halogens is 7. The number of nitrogens with one attached hydrogen (secondary N) is 1. The molecule has 0 bridgehead atoms. The van der Waals surface area contributed by atoms with Gasteiger partial charge in [-0.25, -0.2) is 4.39 Å². The monoisotopic (exact) mass is 391 g/mol. The number of anilines is 1. The maximum atomic E-state index is 12.8. The van der Waals surface area contributed by atoms with Crippen LogP contribution in [-0.2, 0) is 12.4 Å². The molecule has 0 fully saturated rings. The minimum Gasteiger partial charge on any atom is -0.359 e. The summed E-state index contributed by atoms with van der Waals surface area (Å²) in [6, 6.07) is 5.53. The van der Waals surface area contributed by atoms with Gasteiger partial charge in [-0.3, -0.25) is 4.79 Å². The van der Waals surface area contributed by atoms with Gasteiger partial charge in [0.05, 0.1) is 11.1 Å². The van der Waals surface area contributed by atoms with Crippen molar-refractivity contribution < 1.29 is 35.5 Å². The molecule has 0 aliphatic heterocycles. The van der Waals surface area contributed by atoms with Crippen LogP contribution in [0.5, 0.6) is 0 Å². The van der Waals surface area contributed by atoms with Crippen molar-refractivity contribution in [2.24, 2.45) is 0 Å². The highest BCUT2D eigenvalue weighted by Gasteiger charge is 2.36. The van der Waals surface area contributed by atoms with E-state index in [0.29, 0.717) is 12.1 Å². The first-order chi connectivity index (χ1) is 12.4. The highest BCUT2D eigenvalue weighted by molar-refractivity contribution is 6.05. The molecule has 0 unspecified atom stereocenters. The zero-order valence-corrected chi connectivity index (χ0v) is 13.7. The lowest BCUT2D eigenvalue weighted by Crippen LogP contribution is -2.12. The average Bonchev–Trinajstić information content (AvgIpc) is 2.53. The Morgan fingerprint density at radius 1 is 0.889 bits per heavy atom. The van der Waals surface area contributed by atoms with E-state index in [-0.39, 0.29) is 17.3 Å². The molecule has 0 saturated carbocycles. The quantitative estimate of drug-likeness (QED) is 0.390. The number of carbonyl (C=O) groups excluding carboxylic acids is 1. The molecule has 0 aliphatic carbocycles. The molecule has 2 aromatic carbocycles. The largest absolute Gasteiger partial charge is 0.416 e. The fraction of sp³-hybridized carbons (Fsp3) is 0.167. The predicted molar refractivity (Wildman–Crippen MR) is 84.6 cm³/mol. The summed E-state index contributed by atoms with van der Waals surface area (Å²) in [5.74, 6) is -1.16. The molecule has 2 aromatic rings. The van der Waals surface area contributed by atoms with Crippen LogP contribution < -0.4 is 5.32 Å². The molecular weight excluding hydrogens is 379 g/mol. The zero-order valence-electron chi connectivity index (χ0n) is 13.7. The van der Waals surface area contributed by atoms with Crippen LogP contribution in [0.25, 0.3) is 0 Å². The Balaban J connectivity index is 2.32. The summed E-state index contributed by atoms with van der Waals surface area (Å²) in [5, 5.41) is 2.35. The maximum absolute atomic E-state index is 12.8. The van der Waals surface area contributed by atoms with Crippen LogP contribution in [0, 0.1) is 5.82 Å². The van der Waals surface area contributed by atoms with Gasteiger partial charge in [0.15, 0.2) is 5.78 Å². The van der Waals surface area contributed by atoms with Gasteiger partial charge in [-0.2, -0.15) is 26.3 Å². The Labute approximate surface area is 149 Å². The Hall–Kier alpha value is -2.84. The molecule has 144 valence electrons. The molecule has 0 heterocycles. The van der Waals surface area contributed by atoms with Crippen LogP contribution in [0.4, 0.5) is 36.4 Å². The first kappa shape index (κ1) is 20.5. The molecule has 2 nitrogen and oxygen atoms in total. The van der Waals surface area contributed by atoms with Gasteiger partial charge >= 0.3 is 12.4 Å². The molecule has 0 atom stereocenters. The fourth-order valence-electron chi connectivity index (χ4n) is 2.18. The molecule has 0 aromatic heterocycles. The third kappa shape index (κ3) is 5.57. The summed E-state index contributed by atoms with van der Waals surface area (Å²) >= 11 is 0. The van der Waals surface area contributed by atoms with Gasteiger partial charge < -0.3 is 5.32 Å². The van der Waals surface area contributed by atoms with Crippen molar-refractivity contribution in [3.8, 4) is 0 Å². The second-order valence-electron chi connectivity index (χ2n) is 5.62. The molecule has 2 rings (SSSR count). The average molecular weight is 391 g/mol. The van der Waals surface area contributed by atoms with E-state index in [1.165, 1.54) is 19.1 Å². The minimum absolute atomic E-state index is 0.00783. The third-order valence-electron chi connectivity index (χ3n) is 3.41. The van der Waals surface area contributed by atoms with Gasteiger partial charge in [-0.15, -0.1) is 0 Å². The molecule has 0 saturated heterocycles. The van der Waals surface area contributed by atoms with E-state index in [0.717, 1.165) is 18.2 Å². The molecule has 27 heavy (non-hydrogen) atoms. The second-order valence-corrected chi connectivity index (χ2v) is 5.62. The van der Waals surface area contributed by atoms with Crippen LogP contribution in [-0.4, -0.2) is 5.78 Å². The van der Waals surface area contributed by atoms with Crippen molar-refractivity contribution in [3.63, 3.8) is 0 Å². The highest BCUT2D eigenvalue weighted by Crippen LogP contribution is 2.37. The summed E-state index contributed by atoms with van der Waals surface area (Å²) in [5.41, 5.74) is -3.30. The lowest BCUT2D eigenvalue weighted by Gasteiger charge is -2.15. The SMILES string of the molecule is C/C(=C\C(=O)c1ccc(F)cc1)Nc1cc(C(F)(F)F)cc(C(F)(F)F)c1. The van der Waals surface area contributed by atoms with Crippen LogP contribution in [0.3, 0.4) is 0 Å². The van der Waals surface area contributed by atoms with Gasteiger partial charge in [0.2, 0.25) is 0 Å². The smallest absolute Gasteiger partial charge is 0.359 e. The number of carbonyl (C=O) groups is 1. The summed E-state index contributed by atoms with van der Waals surface area (Å²) in [6.45, 7) is 1.30. The minimum atomic E-state index is -4.97. The fourth-order valence-corrected chi connectivity index (χ4v) is 2.18. The van der Waals surface area contributed by atoms with Crippen LogP contribution in [0.15, 0.2) is 54.2 Å². The van der Waals surface area contributed by atoms with Crippen molar-refractivity contribution in [1.82, 2.24) is 0 Å². The topological polar surface area (TPSA) is 29.1 Å². The number of ketones is 1. The Morgan fingerprint density at radius 2 is 1.37 bits per heavy atom. The number of alkyl halides is 6. The van der Waals surface area contributed by atoms with E-state index < -0.39 is 40.8 Å². The third-order valence-corrected chi connectivity index (χ3v) is 3.41. The first-order valence-electron chi connectivity index (χ1n) is 7.41. The van der Waals surface area contributed by atoms with Crippen molar-refractivity contribution in [2.75, 3.05) is 5.32 Å². The Morgan fingerprint density at radius 3 is 1.81 bits per heavy atom. The number of allylic oxidation sites excluding steroid dienone is 2. The summed E-state index contributed by atoms with van der Waals surface area (Å²) < 4.78 is 89.9. The van der Waals surface area contributed by atoms with Gasteiger partial charge in [0.1, 0.15) is 5.82 Å². The van der Waals surface area contributed by atoms with Crippen LogP contribution in [0.1, 0.15) is 28.4 Å². The number of rotatable bonds is 4. The number of hydrogen-bond acceptors (Lipinski definition) is 2.